The second-order valence-corrected chi connectivity index (χ2v) is 15.3. The molecule has 256 valence electrons. The summed E-state index contributed by atoms with van der Waals surface area (Å²) in [5.41, 5.74) is 0. The smallest absolute Gasteiger partial charge is 0.500 e. The monoisotopic (exact) mass is 636 g/mol. The van der Waals surface area contributed by atoms with Gasteiger partial charge in [-0.25, -0.2) is 0 Å². The van der Waals surface area contributed by atoms with Gasteiger partial charge in [-0.15, -0.1) is 0 Å². The molecule has 0 bridgehead atoms. The summed E-state index contributed by atoms with van der Waals surface area (Å²) >= 11 is 0. The van der Waals surface area contributed by atoms with Crippen molar-refractivity contribution in [3.8, 4) is 0 Å². The molecule has 0 aliphatic rings. The van der Waals surface area contributed by atoms with Crippen LogP contribution in [0.5, 0.6) is 0 Å². The molecule has 0 heterocycles. The summed E-state index contributed by atoms with van der Waals surface area (Å²) in [6, 6.07) is 0.966. The molecular formula is C36H78ClNO3Si. The van der Waals surface area contributed by atoms with E-state index in [9.17, 15) is 0 Å². The Labute approximate surface area is 273 Å². The van der Waals surface area contributed by atoms with E-state index in [1.807, 2.05) is 20.8 Å². The van der Waals surface area contributed by atoms with Crippen molar-refractivity contribution < 1.29 is 30.2 Å². The van der Waals surface area contributed by atoms with Crippen LogP contribution in [-0.4, -0.2) is 59.3 Å². The largest absolute Gasteiger partial charge is 1.00 e. The molecule has 42 heavy (non-hydrogen) atoms. The fraction of sp³-hybridized carbons (Fsp3) is 1.00. The Bertz CT molecular complexity index is 505. The van der Waals surface area contributed by atoms with Gasteiger partial charge in [0, 0.05) is 25.9 Å². The molecule has 0 aromatic heterocycles. The molecule has 0 amide bonds. The minimum atomic E-state index is -2.45. The van der Waals surface area contributed by atoms with Crippen molar-refractivity contribution >= 4 is 8.80 Å². The van der Waals surface area contributed by atoms with Crippen molar-refractivity contribution in [2.24, 2.45) is 0 Å². The summed E-state index contributed by atoms with van der Waals surface area (Å²) in [5.74, 6) is 0. The predicted octanol–water partition coefficient (Wildman–Crippen LogP) is 8.50. The summed E-state index contributed by atoms with van der Waals surface area (Å²) in [6.07, 6.45) is 31.1. The van der Waals surface area contributed by atoms with E-state index in [1.54, 1.807) is 0 Å². The van der Waals surface area contributed by atoms with Crippen LogP contribution < -0.4 is 12.4 Å². The zero-order chi connectivity index (χ0) is 30.3. The summed E-state index contributed by atoms with van der Waals surface area (Å²) < 4.78 is 19.4. The van der Waals surface area contributed by atoms with E-state index < -0.39 is 8.80 Å². The quantitative estimate of drug-likeness (QED) is 0.0403. The van der Waals surface area contributed by atoms with Gasteiger partial charge >= 0.3 is 8.80 Å². The Morgan fingerprint density at radius 3 is 0.952 bits per heavy atom. The van der Waals surface area contributed by atoms with E-state index in [2.05, 4.69) is 20.8 Å². The van der Waals surface area contributed by atoms with Crippen molar-refractivity contribution in [3.05, 3.63) is 0 Å². The van der Waals surface area contributed by atoms with Gasteiger partial charge in [-0.1, -0.05) is 116 Å². The van der Waals surface area contributed by atoms with E-state index in [-0.39, 0.29) is 12.4 Å². The summed E-state index contributed by atoms with van der Waals surface area (Å²) in [5, 5.41) is 0. The molecule has 6 heteroatoms. The van der Waals surface area contributed by atoms with Gasteiger partial charge < -0.3 is 30.2 Å². The van der Waals surface area contributed by atoms with Gasteiger partial charge in [-0.05, 0) is 66.7 Å². The van der Waals surface area contributed by atoms with E-state index in [4.69, 9.17) is 13.3 Å². The highest BCUT2D eigenvalue weighted by atomic mass is 35.5. The Morgan fingerprint density at radius 1 is 0.381 bits per heavy atom. The lowest BCUT2D eigenvalue weighted by Gasteiger charge is -2.37. The highest BCUT2D eigenvalue weighted by molar-refractivity contribution is 6.60. The van der Waals surface area contributed by atoms with Gasteiger partial charge in [0.05, 0.1) is 26.2 Å². The first-order valence-corrected chi connectivity index (χ1v) is 20.8. The number of halogens is 1. The number of hydrogen-bond acceptors (Lipinski definition) is 3. The lowest BCUT2D eigenvalue weighted by Crippen LogP contribution is -3.00. The average molecular weight is 637 g/mol. The lowest BCUT2D eigenvalue weighted by atomic mass is 10.0. The molecule has 0 aromatic carbocycles. The normalized spacial score (nSPS) is 12.1. The van der Waals surface area contributed by atoms with Gasteiger partial charge in [0.25, 0.3) is 0 Å². The first-order chi connectivity index (χ1) is 20.1. The van der Waals surface area contributed by atoms with Crippen molar-refractivity contribution in [2.45, 2.75) is 189 Å². The third kappa shape index (κ3) is 24.6. The van der Waals surface area contributed by atoms with Crippen molar-refractivity contribution in [2.75, 3.05) is 46.0 Å². The molecule has 0 rings (SSSR count). The fourth-order valence-electron chi connectivity index (χ4n) is 6.46. The standard InChI is InChI=1S/C36H78NO3Si.ClH/c1-7-13-14-15-16-17-18-19-20-21-22-23-24-25-28-31-34-37(8-2,9-3)35-32-29-26-27-30-33-36-41(38-10-4,39-11-5)40-12-6;/h7-36H2,1-6H3;1H/q+1;/p-1. The molecular weight excluding hydrogens is 558 g/mol. The Hall–Kier alpha value is 0.347. The third-order valence-corrected chi connectivity index (χ3v) is 12.4. The first kappa shape index (κ1) is 44.5. The van der Waals surface area contributed by atoms with Crippen LogP contribution in [0, 0.1) is 0 Å². The van der Waals surface area contributed by atoms with Crippen molar-refractivity contribution in [1.29, 1.82) is 0 Å². The fourth-order valence-corrected chi connectivity index (χ4v) is 9.15. The van der Waals surface area contributed by atoms with Gasteiger partial charge in [-0.3, -0.25) is 0 Å². The van der Waals surface area contributed by atoms with Gasteiger partial charge in [0.15, 0.2) is 0 Å². The molecule has 0 aromatic rings. The van der Waals surface area contributed by atoms with E-state index in [0.29, 0.717) is 19.8 Å². The maximum absolute atomic E-state index is 6.01. The minimum Gasteiger partial charge on any atom is -1.00 e. The van der Waals surface area contributed by atoms with E-state index in [1.165, 1.54) is 165 Å². The highest BCUT2D eigenvalue weighted by Crippen LogP contribution is 2.21. The van der Waals surface area contributed by atoms with Gasteiger partial charge in [0.1, 0.15) is 0 Å². The summed E-state index contributed by atoms with van der Waals surface area (Å²) in [7, 11) is -2.45. The van der Waals surface area contributed by atoms with E-state index in [0.717, 1.165) is 12.5 Å². The molecule has 0 unspecified atom stereocenters. The number of hydrogen-bond donors (Lipinski definition) is 0. The maximum Gasteiger partial charge on any atom is 0.500 e. The van der Waals surface area contributed by atoms with Gasteiger partial charge in [0.2, 0.25) is 0 Å². The topological polar surface area (TPSA) is 27.7 Å². The SMILES string of the molecule is CCCCCCCCCCCCCCCCCC[N+](CC)(CC)CCCCCCCC[Si](OCC)(OCC)OCC.[Cl-]. The van der Waals surface area contributed by atoms with Crippen LogP contribution in [-0.2, 0) is 13.3 Å². The number of unbranched alkanes of at least 4 members (excludes halogenated alkanes) is 20. The Balaban J connectivity index is 0. The molecule has 0 N–H and O–H groups in total. The Morgan fingerprint density at radius 2 is 0.667 bits per heavy atom. The van der Waals surface area contributed by atoms with Crippen LogP contribution in [0.1, 0.15) is 183 Å². The molecule has 0 saturated heterocycles. The molecule has 4 nitrogen and oxygen atoms in total. The minimum absolute atomic E-state index is 0. The third-order valence-electron chi connectivity index (χ3n) is 9.29. The molecule has 0 saturated carbocycles. The van der Waals surface area contributed by atoms with Crippen LogP contribution in [0.25, 0.3) is 0 Å². The average Bonchev–Trinajstić information content (AvgIpc) is 2.97. The van der Waals surface area contributed by atoms with Crippen LogP contribution in [0.4, 0.5) is 0 Å². The first-order valence-electron chi connectivity index (χ1n) is 18.8. The van der Waals surface area contributed by atoms with Crippen LogP contribution in [0.3, 0.4) is 0 Å². The molecule has 0 aliphatic carbocycles. The van der Waals surface area contributed by atoms with Crippen LogP contribution in [0.15, 0.2) is 0 Å². The molecule has 0 atom stereocenters. The van der Waals surface area contributed by atoms with Crippen molar-refractivity contribution in [1.82, 2.24) is 0 Å². The molecule has 0 fully saturated rings. The van der Waals surface area contributed by atoms with Gasteiger partial charge in [-0.2, -0.15) is 0 Å². The summed E-state index contributed by atoms with van der Waals surface area (Å²) in [4.78, 5) is 0. The maximum atomic E-state index is 6.01. The lowest BCUT2D eigenvalue weighted by molar-refractivity contribution is -0.925. The summed E-state index contributed by atoms with van der Waals surface area (Å²) in [6.45, 7) is 20.7. The molecule has 0 spiro atoms. The van der Waals surface area contributed by atoms with Crippen LogP contribution in [0.2, 0.25) is 6.04 Å². The molecule has 0 radical (unpaired) electrons. The highest BCUT2D eigenvalue weighted by Gasteiger charge is 2.39. The zero-order valence-corrected chi connectivity index (χ0v) is 31.5. The second kappa shape index (κ2) is 32.7. The zero-order valence-electron chi connectivity index (χ0n) is 29.8. The number of quaternary nitrogens is 1. The molecule has 0 aliphatic heterocycles. The second-order valence-electron chi connectivity index (χ2n) is 12.6. The van der Waals surface area contributed by atoms with Crippen molar-refractivity contribution in [3.63, 3.8) is 0 Å². The number of nitrogens with zero attached hydrogens (tertiary/aromatic N) is 1. The van der Waals surface area contributed by atoms with E-state index >= 15 is 0 Å². The predicted molar refractivity (Wildman–Crippen MR) is 184 cm³/mol. The number of rotatable bonds is 34. The Kier molecular flexibility index (Phi) is 34.7. The van der Waals surface area contributed by atoms with Crippen LogP contribution >= 0.6 is 0 Å².